The lowest BCUT2D eigenvalue weighted by Crippen LogP contribution is -2.30. The van der Waals surface area contributed by atoms with Crippen LogP contribution in [0.3, 0.4) is 0 Å². The van der Waals surface area contributed by atoms with Gasteiger partial charge in [-0.25, -0.2) is 4.98 Å². The van der Waals surface area contributed by atoms with E-state index >= 15 is 0 Å². The third kappa shape index (κ3) is 3.33. The normalized spacial score (nSPS) is 12.3. The van der Waals surface area contributed by atoms with Crippen LogP contribution >= 0.6 is 11.6 Å². The molecular formula is C18H15ClN2O2. The second kappa shape index (κ2) is 6.36. The molecule has 0 saturated heterocycles. The Bertz CT molecular complexity index is 863. The smallest absolute Gasteiger partial charge is 0.246 e. The Morgan fingerprint density at radius 1 is 1.17 bits per heavy atom. The van der Waals surface area contributed by atoms with Crippen molar-refractivity contribution < 1.29 is 9.90 Å². The van der Waals surface area contributed by atoms with E-state index in [1.807, 2.05) is 42.5 Å². The van der Waals surface area contributed by atoms with Crippen molar-refractivity contribution in [2.45, 2.75) is 12.5 Å². The maximum atomic E-state index is 11.2. The number of nitrogens with two attached hydrogens (primary N) is 1. The SMILES string of the molecule is NC(=O)C(O)Cc1cc(-c2ccc(Cl)cc2)nc2ccccc12. The lowest BCUT2D eigenvalue weighted by atomic mass is 9.99. The molecule has 0 saturated carbocycles. The standard InChI is InChI=1S/C18H15ClN2O2/c19-13-7-5-11(6-8-13)16-9-12(10-17(22)18(20)23)14-3-1-2-4-15(14)21-16/h1-9,17,22H,10H2,(H2,20,23). The van der Waals surface area contributed by atoms with Crippen LogP contribution in [0.2, 0.25) is 5.02 Å². The highest BCUT2D eigenvalue weighted by Crippen LogP contribution is 2.26. The van der Waals surface area contributed by atoms with Gasteiger partial charge in [0, 0.05) is 22.4 Å². The minimum atomic E-state index is -1.22. The number of pyridine rings is 1. The Labute approximate surface area is 138 Å². The summed E-state index contributed by atoms with van der Waals surface area (Å²) in [4.78, 5) is 15.8. The fourth-order valence-corrected chi connectivity index (χ4v) is 2.62. The summed E-state index contributed by atoms with van der Waals surface area (Å²) in [6.45, 7) is 0. The molecule has 0 radical (unpaired) electrons. The predicted octanol–water partition coefficient (Wildman–Crippen LogP) is 2.94. The minimum absolute atomic E-state index is 0.152. The van der Waals surface area contributed by atoms with E-state index < -0.39 is 12.0 Å². The predicted molar refractivity (Wildman–Crippen MR) is 91.1 cm³/mol. The van der Waals surface area contributed by atoms with Crippen LogP contribution in [0.5, 0.6) is 0 Å². The quantitative estimate of drug-likeness (QED) is 0.774. The monoisotopic (exact) mass is 326 g/mol. The number of fused-ring (bicyclic) bond motifs is 1. The van der Waals surface area contributed by atoms with E-state index in [4.69, 9.17) is 17.3 Å². The summed E-state index contributed by atoms with van der Waals surface area (Å²) in [5, 5.41) is 11.4. The number of carbonyl (C=O) groups is 1. The van der Waals surface area contributed by atoms with Gasteiger partial charge in [-0.05, 0) is 29.8 Å². The summed E-state index contributed by atoms with van der Waals surface area (Å²) in [6, 6.07) is 16.8. The molecule has 1 heterocycles. The Balaban J connectivity index is 2.13. The first kappa shape index (κ1) is 15.5. The van der Waals surface area contributed by atoms with Crippen molar-refractivity contribution in [2.24, 2.45) is 5.73 Å². The van der Waals surface area contributed by atoms with Gasteiger partial charge in [0.1, 0.15) is 6.10 Å². The van der Waals surface area contributed by atoms with Crippen molar-refractivity contribution in [3.05, 3.63) is 65.2 Å². The molecule has 0 bridgehead atoms. The Morgan fingerprint density at radius 2 is 1.87 bits per heavy atom. The van der Waals surface area contributed by atoms with Crippen LogP contribution in [-0.2, 0) is 11.2 Å². The van der Waals surface area contributed by atoms with Gasteiger partial charge in [0.25, 0.3) is 0 Å². The highest BCUT2D eigenvalue weighted by atomic mass is 35.5. The van der Waals surface area contributed by atoms with E-state index in [0.29, 0.717) is 5.02 Å². The number of amides is 1. The second-order valence-electron chi connectivity index (χ2n) is 5.31. The van der Waals surface area contributed by atoms with Gasteiger partial charge in [0.15, 0.2) is 0 Å². The van der Waals surface area contributed by atoms with Gasteiger partial charge in [-0.1, -0.05) is 41.9 Å². The summed E-state index contributed by atoms with van der Waals surface area (Å²) in [6.07, 6.45) is -1.07. The molecule has 0 aliphatic heterocycles. The molecule has 3 N–H and O–H groups in total. The Hall–Kier alpha value is -2.43. The molecule has 1 amide bonds. The number of primary amides is 1. The zero-order chi connectivity index (χ0) is 16.4. The number of hydrogen-bond acceptors (Lipinski definition) is 3. The van der Waals surface area contributed by atoms with E-state index in [1.54, 1.807) is 12.1 Å². The van der Waals surface area contributed by atoms with Crippen molar-refractivity contribution in [2.75, 3.05) is 0 Å². The number of rotatable bonds is 4. The summed E-state index contributed by atoms with van der Waals surface area (Å²) in [5.74, 6) is -0.737. The summed E-state index contributed by atoms with van der Waals surface area (Å²) in [5.41, 5.74) is 8.47. The topological polar surface area (TPSA) is 76.2 Å². The van der Waals surface area contributed by atoms with Crippen molar-refractivity contribution >= 4 is 28.4 Å². The number of nitrogens with zero attached hydrogens (tertiary/aromatic N) is 1. The van der Waals surface area contributed by atoms with Crippen LogP contribution in [-0.4, -0.2) is 22.1 Å². The Kier molecular flexibility index (Phi) is 4.28. The first-order chi connectivity index (χ1) is 11.0. The van der Waals surface area contributed by atoms with Crippen LogP contribution in [0.4, 0.5) is 0 Å². The average molecular weight is 327 g/mol. The van der Waals surface area contributed by atoms with Gasteiger partial charge in [-0.3, -0.25) is 4.79 Å². The molecule has 2 aromatic carbocycles. The van der Waals surface area contributed by atoms with Crippen LogP contribution in [0.1, 0.15) is 5.56 Å². The van der Waals surface area contributed by atoms with Gasteiger partial charge in [0.2, 0.25) is 5.91 Å². The Morgan fingerprint density at radius 3 is 2.57 bits per heavy atom. The fraction of sp³-hybridized carbons (Fsp3) is 0.111. The van der Waals surface area contributed by atoms with Gasteiger partial charge in [0.05, 0.1) is 11.2 Å². The maximum Gasteiger partial charge on any atom is 0.246 e. The third-order valence-electron chi connectivity index (χ3n) is 3.68. The highest BCUT2D eigenvalue weighted by Gasteiger charge is 2.15. The molecule has 4 nitrogen and oxygen atoms in total. The number of aliphatic hydroxyl groups excluding tert-OH is 1. The number of aromatic nitrogens is 1. The third-order valence-corrected chi connectivity index (χ3v) is 3.94. The van der Waals surface area contributed by atoms with E-state index in [9.17, 15) is 9.90 Å². The molecule has 23 heavy (non-hydrogen) atoms. The van der Waals surface area contributed by atoms with Crippen molar-refractivity contribution in [3.63, 3.8) is 0 Å². The summed E-state index contributed by atoms with van der Waals surface area (Å²) < 4.78 is 0. The average Bonchev–Trinajstić information content (AvgIpc) is 2.55. The molecule has 0 fully saturated rings. The largest absolute Gasteiger partial charge is 0.383 e. The van der Waals surface area contributed by atoms with E-state index in [0.717, 1.165) is 27.7 Å². The van der Waals surface area contributed by atoms with Gasteiger partial charge >= 0.3 is 0 Å². The first-order valence-corrected chi connectivity index (χ1v) is 7.54. The molecule has 0 spiro atoms. The lowest BCUT2D eigenvalue weighted by Gasteiger charge is -2.12. The van der Waals surface area contributed by atoms with Gasteiger partial charge in [-0.15, -0.1) is 0 Å². The van der Waals surface area contributed by atoms with E-state index in [2.05, 4.69) is 4.98 Å². The van der Waals surface area contributed by atoms with Crippen molar-refractivity contribution in [1.29, 1.82) is 0 Å². The molecule has 5 heteroatoms. The fourth-order valence-electron chi connectivity index (χ4n) is 2.49. The molecule has 1 aromatic heterocycles. The maximum absolute atomic E-state index is 11.2. The summed E-state index contributed by atoms with van der Waals surface area (Å²) >= 11 is 5.92. The van der Waals surface area contributed by atoms with E-state index in [1.165, 1.54) is 0 Å². The van der Waals surface area contributed by atoms with Gasteiger partial charge in [-0.2, -0.15) is 0 Å². The zero-order valence-corrected chi connectivity index (χ0v) is 13.0. The molecule has 0 aliphatic rings. The van der Waals surface area contributed by atoms with Crippen molar-refractivity contribution in [1.82, 2.24) is 4.98 Å². The number of para-hydroxylation sites is 1. The minimum Gasteiger partial charge on any atom is -0.383 e. The molecule has 3 aromatic rings. The van der Waals surface area contributed by atoms with Crippen LogP contribution in [0.25, 0.3) is 22.2 Å². The van der Waals surface area contributed by atoms with E-state index in [-0.39, 0.29) is 6.42 Å². The molecular weight excluding hydrogens is 312 g/mol. The second-order valence-corrected chi connectivity index (χ2v) is 5.75. The lowest BCUT2D eigenvalue weighted by molar-refractivity contribution is -0.125. The molecule has 116 valence electrons. The zero-order valence-electron chi connectivity index (χ0n) is 12.2. The summed E-state index contributed by atoms with van der Waals surface area (Å²) in [7, 11) is 0. The number of aliphatic hydroxyl groups is 1. The number of benzene rings is 2. The van der Waals surface area contributed by atoms with Crippen LogP contribution in [0.15, 0.2) is 54.6 Å². The molecule has 3 rings (SSSR count). The van der Waals surface area contributed by atoms with Gasteiger partial charge < -0.3 is 10.8 Å². The van der Waals surface area contributed by atoms with Crippen LogP contribution < -0.4 is 5.73 Å². The van der Waals surface area contributed by atoms with Crippen molar-refractivity contribution in [3.8, 4) is 11.3 Å². The van der Waals surface area contributed by atoms with Crippen LogP contribution in [0, 0.1) is 0 Å². The molecule has 0 aliphatic carbocycles. The number of hydrogen-bond donors (Lipinski definition) is 2. The number of carbonyl (C=O) groups excluding carboxylic acids is 1. The first-order valence-electron chi connectivity index (χ1n) is 7.16. The highest BCUT2D eigenvalue weighted by molar-refractivity contribution is 6.30. The molecule has 1 unspecified atom stereocenters. The number of halogens is 1. The molecule has 1 atom stereocenters.